The molecule has 0 aliphatic heterocycles. The topological polar surface area (TPSA) is 41.8 Å². The number of benzene rings is 1. The maximum Gasteiger partial charge on any atom is 0.431 e. The highest BCUT2D eigenvalue weighted by Crippen LogP contribution is 2.37. The van der Waals surface area contributed by atoms with Gasteiger partial charge in [-0.1, -0.05) is 17.7 Å². The van der Waals surface area contributed by atoms with Crippen LogP contribution in [0.4, 0.5) is 13.2 Å². The lowest BCUT2D eigenvalue weighted by Crippen LogP contribution is -2.11. The molecule has 0 saturated carbocycles. The summed E-state index contributed by atoms with van der Waals surface area (Å²) in [6.45, 7) is -0.210. The zero-order valence-corrected chi connectivity index (χ0v) is 8.78. The Labute approximate surface area is 94.2 Å². The largest absolute Gasteiger partial charge is 0.431 e. The van der Waals surface area contributed by atoms with Gasteiger partial charge in [0.05, 0.1) is 5.02 Å². The van der Waals surface area contributed by atoms with Crippen LogP contribution in [0.1, 0.15) is 11.3 Å². The summed E-state index contributed by atoms with van der Waals surface area (Å²) in [5.74, 6) is 0. The van der Waals surface area contributed by atoms with E-state index in [2.05, 4.69) is 4.98 Å². The minimum absolute atomic E-state index is 0.00750. The Morgan fingerprint density at radius 1 is 1.31 bits per heavy atom. The van der Waals surface area contributed by atoms with Gasteiger partial charge in [-0.3, -0.25) is 0 Å². The van der Waals surface area contributed by atoms with E-state index >= 15 is 0 Å². The van der Waals surface area contributed by atoms with Crippen LogP contribution in [0.25, 0.3) is 10.9 Å². The second-order valence-electron chi connectivity index (χ2n) is 3.34. The number of hydrogen-bond donors (Lipinski definition) is 2. The highest BCUT2D eigenvalue weighted by atomic mass is 35.5. The van der Waals surface area contributed by atoms with Crippen LogP contribution in [0.5, 0.6) is 0 Å². The van der Waals surface area contributed by atoms with Gasteiger partial charge in [-0.25, -0.2) is 0 Å². The molecular formula is C10H8ClF3N2. The summed E-state index contributed by atoms with van der Waals surface area (Å²) in [6, 6.07) is 4.66. The van der Waals surface area contributed by atoms with E-state index in [-0.39, 0.29) is 17.1 Å². The number of halogens is 4. The lowest BCUT2D eigenvalue weighted by atomic mass is 10.1. The molecule has 0 fully saturated rings. The molecule has 1 aromatic heterocycles. The molecule has 0 radical (unpaired) electrons. The monoisotopic (exact) mass is 248 g/mol. The number of hydrogen-bond acceptors (Lipinski definition) is 1. The molecule has 3 N–H and O–H groups in total. The summed E-state index contributed by atoms with van der Waals surface area (Å²) in [7, 11) is 0. The zero-order valence-electron chi connectivity index (χ0n) is 8.03. The van der Waals surface area contributed by atoms with Gasteiger partial charge in [-0.15, -0.1) is 0 Å². The molecule has 0 saturated heterocycles. The smallest absolute Gasteiger partial charge is 0.351 e. The molecule has 2 aromatic rings. The van der Waals surface area contributed by atoms with E-state index in [0.29, 0.717) is 10.9 Å². The van der Waals surface area contributed by atoms with Crippen molar-refractivity contribution in [3.05, 3.63) is 34.5 Å². The quantitative estimate of drug-likeness (QED) is 0.799. The van der Waals surface area contributed by atoms with Crippen LogP contribution in [-0.4, -0.2) is 4.98 Å². The Hall–Kier alpha value is -1.20. The van der Waals surface area contributed by atoms with Crippen molar-refractivity contribution in [1.29, 1.82) is 0 Å². The molecule has 6 heteroatoms. The third kappa shape index (κ3) is 1.66. The van der Waals surface area contributed by atoms with Gasteiger partial charge in [0.15, 0.2) is 0 Å². The minimum Gasteiger partial charge on any atom is -0.351 e. The number of fused-ring (bicyclic) bond motifs is 1. The third-order valence-corrected chi connectivity index (χ3v) is 2.68. The van der Waals surface area contributed by atoms with Crippen LogP contribution in [0.3, 0.4) is 0 Å². The summed E-state index contributed by atoms with van der Waals surface area (Å²) in [5.41, 5.74) is 4.88. The van der Waals surface area contributed by atoms with E-state index < -0.39 is 11.9 Å². The first-order chi connectivity index (χ1) is 7.45. The molecule has 2 nitrogen and oxygen atoms in total. The Morgan fingerprint density at radius 2 is 2.00 bits per heavy atom. The van der Waals surface area contributed by atoms with Crippen molar-refractivity contribution >= 4 is 22.5 Å². The highest BCUT2D eigenvalue weighted by molar-refractivity contribution is 6.35. The first-order valence-electron chi connectivity index (χ1n) is 4.51. The molecule has 0 aliphatic rings. The van der Waals surface area contributed by atoms with E-state index in [1.54, 1.807) is 6.07 Å². The molecule has 0 aliphatic carbocycles. The van der Waals surface area contributed by atoms with Crippen molar-refractivity contribution < 1.29 is 13.2 Å². The molecule has 86 valence electrons. The van der Waals surface area contributed by atoms with Crippen LogP contribution in [0.15, 0.2) is 18.2 Å². The van der Waals surface area contributed by atoms with Gasteiger partial charge >= 0.3 is 6.18 Å². The average Bonchev–Trinajstić information content (AvgIpc) is 2.57. The van der Waals surface area contributed by atoms with Gasteiger partial charge in [-0.2, -0.15) is 13.2 Å². The standard InChI is InChI=1S/C10H8ClF3N2/c11-6-2-1-3-7-8(6)5(4-15)9(16-7)10(12,13)14/h1-3,16H,4,15H2. The van der Waals surface area contributed by atoms with Gasteiger partial charge in [0.2, 0.25) is 0 Å². The molecule has 0 bridgehead atoms. The van der Waals surface area contributed by atoms with E-state index in [9.17, 15) is 13.2 Å². The number of alkyl halides is 3. The average molecular weight is 249 g/mol. The normalized spacial score (nSPS) is 12.3. The van der Waals surface area contributed by atoms with Crippen molar-refractivity contribution in [3.8, 4) is 0 Å². The Kier molecular flexibility index (Phi) is 2.59. The van der Waals surface area contributed by atoms with E-state index in [1.165, 1.54) is 12.1 Å². The van der Waals surface area contributed by atoms with Gasteiger partial charge in [0.25, 0.3) is 0 Å². The maximum absolute atomic E-state index is 12.7. The van der Waals surface area contributed by atoms with E-state index in [4.69, 9.17) is 17.3 Å². The van der Waals surface area contributed by atoms with Gasteiger partial charge < -0.3 is 10.7 Å². The van der Waals surface area contributed by atoms with Crippen molar-refractivity contribution in [2.75, 3.05) is 0 Å². The van der Waals surface area contributed by atoms with Crippen LogP contribution in [0, 0.1) is 0 Å². The molecule has 0 amide bonds. The fourth-order valence-corrected chi connectivity index (χ4v) is 2.00. The van der Waals surface area contributed by atoms with Crippen LogP contribution >= 0.6 is 11.6 Å². The first kappa shape index (κ1) is 11.3. The molecule has 0 atom stereocenters. The third-order valence-electron chi connectivity index (χ3n) is 2.36. The van der Waals surface area contributed by atoms with Crippen LogP contribution in [0.2, 0.25) is 5.02 Å². The zero-order chi connectivity index (χ0) is 11.9. The Balaban J connectivity index is 2.83. The fourth-order valence-electron chi connectivity index (χ4n) is 1.72. The molecule has 2 rings (SSSR count). The van der Waals surface area contributed by atoms with E-state index in [1.807, 2.05) is 0 Å². The summed E-state index contributed by atoms with van der Waals surface area (Å²) in [6.07, 6.45) is -4.45. The van der Waals surface area contributed by atoms with Crippen molar-refractivity contribution in [1.82, 2.24) is 4.98 Å². The number of rotatable bonds is 1. The fraction of sp³-hybridized carbons (Fsp3) is 0.200. The molecule has 0 spiro atoms. The SMILES string of the molecule is NCc1c(C(F)(F)F)[nH]c2cccc(Cl)c12. The minimum atomic E-state index is -4.45. The van der Waals surface area contributed by atoms with Crippen molar-refractivity contribution in [2.24, 2.45) is 5.73 Å². The van der Waals surface area contributed by atoms with Crippen LogP contribution in [-0.2, 0) is 12.7 Å². The van der Waals surface area contributed by atoms with Gasteiger partial charge in [-0.05, 0) is 12.1 Å². The number of nitrogens with one attached hydrogen (secondary N) is 1. The lowest BCUT2D eigenvalue weighted by Gasteiger charge is -2.06. The number of aromatic amines is 1. The first-order valence-corrected chi connectivity index (χ1v) is 4.89. The van der Waals surface area contributed by atoms with Gasteiger partial charge in [0.1, 0.15) is 5.69 Å². The predicted octanol–water partition coefficient (Wildman–Crippen LogP) is 3.30. The maximum atomic E-state index is 12.7. The summed E-state index contributed by atoms with van der Waals surface area (Å²) in [4.78, 5) is 2.31. The van der Waals surface area contributed by atoms with Gasteiger partial charge in [0, 0.05) is 23.0 Å². The molecule has 16 heavy (non-hydrogen) atoms. The molecule has 1 heterocycles. The molecular weight excluding hydrogens is 241 g/mol. The summed E-state index contributed by atoms with van der Waals surface area (Å²) >= 11 is 5.86. The highest BCUT2D eigenvalue weighted by Gasteiger charge is 2.36. The summed E-state index contributed by atoms with van der Waals surface area (Å²) in [5, 5.41) is 0.615. The lowest BCUT2D eigenvalue weighted by molar-refractivity contribution is -0.141. The number of aromatic nitrogens is 1. The second kappa shape index (κ2) is 3.68. The summed E-state index contributed by atoms with van der Waals surface area (Å²) < 4.78 is 38.0. The molecule has 1 aromatic carbocycles. The van der Waals surface area contributed by atoms with Crippen molar-refractivity contribution in [3.63, 3.8) is 0 Å². The second-order valence-corrected chi connectivity index (χ2v) is 3.75. The van der Waals surface area contributed by atoms with Crippen molar-refractivity contribution in [2.45, 2.75) is 12.7 Å². The van der Waals surface area contributed by atoms with E-state index in [0.717, 1.165) is 0 Å². The Bertz CT molecular complexity index is 531. The van der Waals surface area contributed by atoms with Crippen LogP contribution < -0.4 is 5.73 Å². The number of H-pyrrole nitrogens is 1. The predicted molar refractivity (Wildman–Crippen MR) is 56.2 cm³/mol. The Morgan fingerprint density at radius 3 is 2.56 bits per heavy atom. The number of nitrogens with two attached hydrogens (primary N) is 1. The molecule has 0 unspecified atom stereocenters.